The van der Waals surface area contributed by atoms with E-state index in [1.54, 1.807) is 4.90 Å². The van der Waals surface area contributed by atoms with Crippen LogP contribution < -0.4 is 0 Å². The minimum absolute atomic E-state index is 0.00933. The lowest BCUT2D eigenvalue weighted by molar-refractivity contribution is -0.144. The smallest absolute Gasteiger partial charge is 0.241 e. The van der Waals surface area contributed by atoms with E-state index in [-0.39, 0.29) is 49.8 Å². The van der Waals surface area contributed by atoms with Crippen LogP contribution in [0.3, 0.4) is 0 Å². The van der Waals surface area contributed by atoms with Crippen LogP contribution in [-0.2, 0) is 26.3 Å². The van der Waals surface area contributed by atoms with Crippen molar-refractivity contribution in [2.45, 2.75) is 50.1 Å². The maximum Gasteiger partial charge on any atom is 0.241 e. The van der Waals surface area contributed by atoms with E-state index in [1.165, 1.54) is 16.2 Å². The molecule has 1 aromatic heterocycles. The number of piperidine rings is 1. The van der Waals surface area contributed by atoms with Gasteiger partial charge in [0.2, 0.25) is 17.7 Å². The highest BCUT2D eigenvalue weighted by Gasteiger charge is 2.54. The van der Waals surface area contributed by atoms with Gasteiger partial charge in [-0.1, -0.05) is 36.4 Å². The van der Waals surface area contributed by atoms with Gasteiger partial charge in [-0.25, -0.2) is 0 Å². The van der Waals surface area contributed by atoms with Crippen LogP contribution >= 0.6 is 11.3 Å². The minimum atomic E-state index is -1.19. The minimum Gasteiger partial charge on any atom is -0.394 e. The number of benzene rings is 1. The van der Waals surface area contributed by atoms with Gasteiger partial charge in [0.25, 0.3) is 0 Å². The molecule has 158 valence electrons. The number of rotatable bonds is 6. The number of aliphatic hydroxyl groups excluding tert-OH is 1. The van der Waals surface area contributed by atoms with Crippen molar-refractivity contribution in [2.24, 2.45) is 0 Å². The average molecular weight is 427 g/mol. The third-order valence-corrected chi connectivity index (χ3v) is 7.10. The fourth-order valence-corrected chi connectivity index (χ4v) is 5.31. The predicted octanol–water partition coefficient (Wildman–Crippen LogP) is 2.71. The molecule has 3 heterocycles. The number of nitrogens with zero attached hydrogens (tertiary/aromatic N) is 2. The summed E-state index contributed by atoms with van der Waals surface area (Å²) < 4.78 is 0. The molecule has 1 aromatic carbocycles. The summed E-state index contributed by atoms with van der Waals surface area (Å²) in [5, 5.41) is 11.6. The van der Waals surface area contributed by atoms with Crippen LogP contribution in [0.2, 0.25) is 0 Å². The van der Waals surface area contributed by atoms with Crippen LogP contribution in [0.5, 0.6) is 0 Å². The van der Waals surface area contributed by atoms with Crippen molar-refractivity contribution < 1.29 is 19.5 Å². The maximum atomic E-state index is 13.6. The van der Waals surface area contributed by atoms with Gasteiger partial charge in [-0.05, 0) is 36.3 Å². The number of carbonyl (C=O) groups is 3. The summed E-state index contributed by atoms with van der Waals surface area (Å²) in [6.45, 7) is 0.735. The predicted molar refractivity (Wildman–Crippen MR) is 114 cm³/mol. The van der Waals surface area contributed by atoms with E-state index in [2.05, 4.69) is 0 Å². The molecule has 3 amide bonds. The van der Waals surface area contributed by atoms with Crippen LogP contribution in [0, 0.1) is 0 Å². The van der Waals surface area contributed by atoms with Gasteiger partial charge in [0.15, 0.2) is 0 Å². The highest BCUT2D eigenvalue weighted by molar-refractivity contribution is 7.09. The second-order valence-electron chi connectivity index (χ2n) is 8.09. The SMILES string of the molecule is O=C1C[C@](CC(=O)N2CCCC[C@H]2CO)(c2ccccc2)C(=O)N1Cc1cccs1. The highest BCUT2D eigenvalue weighted by Crippen LogP contribution is 2.41. The monoisotopic (exact) mass is 426 g/mol. The number of hydrogen-bond acceptors (Lipinski definition) is 5. The van der Waals surface area contributed by atoms with Crippen molar-refractivity contribution in [2.75, 3.05) is 13.2 Å². The van der Waals surface area contributed by atoms with Crippen LogP contribution in [0.25, 0.3) is 0 Å². The Morgan fingerprint density at radius 2 is 1.93 bits per heavy atom. The summed E-state index contributed by atoms with van der Waals surface area (Å²) in [5.74, 6) is -0.725. The molecule has 2 aliphatic heterocycles. The molecule has 1 N–H and O–H groups in total. The zero-order valence-electron chi connectivity index (χ0n) is 16.8. The second kappa shape index (κ2) is 8.70. The molecule has 0 unspecified atom stereocenters. The third-order valence-electron chi connectivity index (χ3n) is 6.24. The van der Waals surface area contributed by atoms with E-state index in [4.69, 9.17) is 0 Å². The van der Waals surface area contributed by atoms with E-state index >= 15 is 0 Å². The summed E-state index contributed by atoms with van der Waals surface area (Å²) in [5.41, 5.74) is -0.493. The highest BCUT2D eigenvalue weighted by atomic mass is 32.1. The summed E-state index contributed by atoms with van der Waals surface area (Å²) in [6, 6.07) is 12.8. The zero-order valence-corrected chi connectivity index (χ0v) is 17.6. The first-order valence-corrected chi connectivity index (χ1v) is 11.3. The van der Waals surface area contributed by atoms with Crippen molar-refractivity contribution in [1.29, 1.82) is 0 Å². The lowest BCUT2D eigenvalue weighted by atomic mass is 9.75. The molecule has 2 atom stereocenters. The normalized spacial score (nSPS) is 24.5. The molecule has 2 aromatic rings. The van der Waals surface area contributed by atoms with Crippen LogP contribution in [-0.4, -0.2) is 51.8 Å². The Kier molecular flexibility index (Phi) is 6.01. The van der Waals surface area contributed by atoms with E-state index in [0.29, 0.717) is 12.1 Å². The average Bonchev–Trinajstić information content (AvgIpc) is 3.37. The molecule has 0 spiro atoms. The van der Waals surface area contributed by atoms with Gasteiger partial charge in [-0.15, -0.1) is 11.3 Å². The Morgan fingerprint density at radius 1 is 1.13 bits per heavy atom. The van der Waals surface area contributed by atoms with E-state index in [1.807, 2.05) is 47.8 Å². The summed E-state index contributed by atoms with van der Waals surface area (Å²) in [4.78, 5) is 43.8. The van der Waals surface area contributed by atoms with Gasteiger partial charge < -0.3 is 10.0 Å². The summed E-state index contributed by atoms with van der Waals surface area (Å²) in [7, 11) is 0. The number of imide groups is 1. The standard InChI is InChI=1S/C23H26N2O4S/c26-16-18-9-4-5-11-24(18)20(27)13-23(17-7-2-1-3-8-17)14-21(28)25(22(23)29)15-19-10-6-12-30-19/h1-3,6-8,10,12,18,26H,4-5,9,11,13-16H2/t18-,23+/m0/s1. The van der Waals surface area contributed by atoms with Gasteiger partial charge in [-0.2, -0.15) is 0 Å². The van der Waals surface area contributed by atoms with Crippen molar-refractivity contribution in [3.8, 4) is 0 Å². The summed E-state index contributed by atoms with van der Waals surface area (Å²) in [6.07, 6.45) is 2.56. The Morgan fingerprint density at radius 3 is 2.63 bits per heavy atom. The van der Waals surface area contributed by atoms with Gasteiger partial charge in [0.05, 0.1) is 24.6 Å². The Bertz CT molecular complexity index is 915. The zero-order chi connectivity index (χ0) is 21.1. The summed E-state index contributed by atoms with van der Waals surface area (Å²) >= 11 is 1.50. The molecule has 2 saturated heterocycles. The lowest BCUT2D eigenvalue weighted by Gasteiger charge is -2.37. The first kappa shape index (κ1) is 20.8. The molecule has 2 aliphatic rings. The van der Waals surface area contributed by atoms with Crippen LogP contribution in [0.1, 0.15) is 42.5 Å². The van der Waals surface area contributed by atoms with Crippen molar-refractivity contribution in [3.05, 3.63) is 58.3 Å². The Hall–Kier alpha value is -2.51. The second-order valence-corrected chi connectivity index (χ2v) is 9.12. The van der Waals surface area contributed by atoms with Crippen molar-refractivity contribution >= 4 is 29.1 Å². The molecule has 0 saturated carbocycles. The molecule has 6 nitrogen and oxygen atoms in total. The number of carbonyl (C=O) groups excluding carboxylic acids is 3. The molecule has 4 rings (SSSR count). The Balaban J connectivity index is 1.65. The van der Waals surface area contributed by atoms with E-state index in [0.717, 1.165) is 24.1 Å². The largest absolute Gasteiger partial charge is 0.394 e. The fourth-order valence-electron chi connectivity index (χ4n) is 4.62. The van der Waals surface area contributed by atoms with Gasteiger partial charge in [-0.3, -0.25) is 19.3 Å². The van der Waals surface area contributed by atoms with E-state index < -0.39 is 5.41 Å². The van der Waals surface area contributed by atoms with Gasteiger partial charge in [0.1, 0.15) is 0 Å². The quantitative estimate of drug-likeness (QED) is 0.721. The van der Waals surface area contributed by atoms with Crippen molar-refractivity contribution in [3.63, 3.8) is 0 Å². The third kappa shape index (κ3) is 3.79. The van der Waals surface area contributed by atoms with Gasteiger partial charge >= 0.3 is 0 Å². The molecule has 7 heteroatoms. The Labute approximate surface area is 180 Å². The lowest BCUT2D eigenvalue weighted by Crippen LogP contribution is -2.49. The molecule has 2 fully saturated rings. The maximum absolute atomic E-state index is 13.6. The molecule has 0 aliphatic carbocycles. The number of amides is 3. The number of thiophene rings is 1. The number of aliphatic hydroxyl groups is 1. The van der Waals surface area contributed by atoms with Gasteiger partial charge in [0, 0.05) is 24.3 Å². The first-order chi connectivity index (χ1) is 14.5. The topological polar surface area (TPSA) is 77.9 Å². The fraction of sp³-hybridized carbons (Fsp3) is 0.435. The number of hydrogen-bond donors (Lipinski definition) is 1. The molecular formula is C23H26N2O4S. The van der Waals surface area contributed by atoms with Crippen molar-refractivity contribution in [1.82, 2.24) is 9.80 Å². The number of likely N-dealkylation sites (tertiary alicyclic amines) is 2. The van der Waals surface area contributed by atoms with Crippen LogP contribution in [0.4, 0.5) is 0 Å². The molecular weight excluding hydrogens is 400 g/mol. The first-order valence-electron chi connectivity index (χ1n) is 10.4. The molecule has 0 radical (unpaired) electrons. The van der Waals surface area contributed by atoms with E-state index in [9.17, 15) is 19.5 Å². The molecule has 0 bridgehead atoms. The molecule has 30 heavy (non-hydrogen) atoms. The van der Waals surface area contributed by atoms with Crippen LogP contribution in [0.15, 0.2) is 47.8 Å².